The summed E-state index contributed by atoms with van der Waals surface area (Å²) in [5.74, 6) is 0.621. The van der Waals surface area contributed by atoms with Gasteiger partial charge in [0.25, 0.3) is 0 Å². The zero-order valence-electron chi connectivity index (χ0n) is 5.34. The monoisotopic (exact) mass is 162 g/mol. The van der Waals surface area contributed by atoms with E-state index in [2.05, 4.69) is 18.9 Å². The topological polar surface area (TPSA) is 17.1 Å². The molecular formula is C6H11OPS. The summed E-state index contributed by atoms with van der Waals surface area (Å²) in [6, 6.07) is 0. The predicted molar refractivity (Wildman–Crippen MR) is 47.0 cm³/mol. The molecule has 0 aromatic rings. The Bertz CT molecular complexity index is 103. The van der Waals surface area contributed by atoms with Crippen LogP contribution in [0.5, 0.6) is 0 Å². The summed E-state index contributed by atoms with van der Waals surface area (Å²) in [6.45, 7) is 0. The van der Waals surface area contributed by atoms with Gasteiger partial charge in [-0.3, -0.25) is 4.79 Å². The maximum Gasteiger partial charge on any atom is 0.142 e. The Morgan fingerprint density at radius 3 is 2.78 bits per heavy atom. The second kappa shape index (κ2) is 6.31. The normalized spacial score (nSPS) is 9.89. The molecule has 0 saturated heterocycles. The van der Waals surface area contributed by atoms with Crippen LogP contribution in [0.3, 0.4) is 0 Å². The number of ketones is 1. The maximum atomic E-state index is 10.6. The van der Waals surface area contributed by atoms with E-state index in [0.717, 1.165) is 20.8 Å². The van der Waals surface area contributed by atoms with Crippen molar-refractivity contribution in [2.24, 2.45) is 0 Å². The van der Waals surface area contributed by atoms with Gasteiger partial charge in [0.1, 0.15) is 5.78 Å². The molecule has 0 aliphatic heterocycles. The molecule has 0 saturated carbocycles. The third-order valence-corrected chi connectivity index (χ3v) is 1.93. The molecule has 9 heavy (non-hydrogen) atoms. The van der Waals surface area contributed by atoms with Crippen LogP contribution in [0.1, 0.15) is 12.8 Å². The molecule has 0 unspecified atom stereocenters. The average molecular weight is 162 g/mol. The molecule has 0 bridgehead atoms. The molecule has 0 spiro atoms. The second-order valence-electron chi connectivity index (χ2n) is 1.75. The van der Waals surface area contributed by atoms with E-state index in [1.54, 1.807) is 0 Å². The average Bonchev–Trinajstić information content (AvgIpc) is 1.89. The standard InChI is InChI=1S/C6H11OPS/c1-8-4-2-3-6(7)5-9/h9H,1-5H2. The zero-order valence-corrected chi connectivity index (χ0v) is 7.13. The molecule has 1 nitrogen and oxygen atoms in total. The van der Waals surface area contributed by atoms with E-state index in [1.165, 1.54) is 0 Å². The van der Waals surface area contributed by atoms with Crippen molar-refractivity contribution in [1.29, 1.82) is 0 Å². The highest BCUT2D eigenvalue weighted by Crippen LogP contribution is 1.99. The summed E-state index contributed by atoms with van der Waals surface area (Å²) in [4.78, 5) is 10.6. The van der Waals surface area contributed by atoms with Gasteiger partial charge in [-0.2, -0.15) is 12.6 Å². The SMILES string of the molecule is C=PCCCC(=O)CS. The van der Waals surface area contributed by atoms with Crippen molar-refractivity contribution in [1.82, 2.24) is 0 Å². The van der Waals surface area contributed by atoms with Crippen LogP contribution >= 0.6 is 20.8 Å². The van der Waals surface area contributed by atoms with E-state index < -0.39 is 0 Å². The minimum atomic E-state index is 0.238. The molecule has 0 rings (SSSR count). The van der Waals surface area contributed by atoms with Gasteiger partial charge < -0.3 is 0 Å². The first-order chi connectivity index (χ1) is 4.31. The summed E-state index contributed by atoms with van der Waals surface area (Å²) >= 11 is 3.85. The number of carbonyl (C=O) groups is 1. The third-order valence-electron chi connectivity index (χ3n) is 0.948. The van der Waals surface area contributed by atoms with Gasteiger partial charge in [-0.25, -0.2) is 0 Å². The molecule has 52 valence electrons. The molecule has 0 atom stereocenters. The van der Waals surface area contributed by atoms with Crippen LogP contribution < -0.4 is 0 Å². The molecule has 0 amide bonds. The van der Waals surface area contributed by atoms with Gasteiger partial charge in [-0.05, 0) is 12.6 Å². The first-order valence-corrected chi connectivity index (χ1v) is 4.76. The minimum Gasteiger partial charge on any atom is -0.299 e. The van der Waals surface area contributed by atoms with Crippen molar-refractivity contribution in [2.75, 3.05) is 11.9 Å². The number of thiol groups is 1. The van der Waals surface area contributed by atoms with E-state index in [-0.39, 0.29) is 5.78 Å². The van der Waals surface area contributed by atoms with Crippen LogP contribution in [0.25, 0.3) is 0 Å². The van der Waals surface area contributed by atoms with E-state index in [0.29, 0.717) is 12.2 Å². The van der Waals surface area contributed by atoms with Crippen molar-refractivity contribution in [3.8, 4) is 0 Å². The Balaban J connectivity index is 3.06. The molecule has 3 heteroatoms. The lowest BCUT2D eigenvalue weighted by Gasteiger charge is -1.91. The molecular weight excluding hydrogens is 151 g/mol. The fourth-order valence-electron chi connectivity index (χ4n) is 0.467. The van der Waals surface area contributed by atoms with Crippen molar-refractivity contribution in [3.05, 3.63) is 0 Å². The second-order valence-corrected chi connectivity index (χ2v) is 2.96. The molecule has 0 aliphatic rings. The molecule has 0 radical (unpaired) electrons. The molecule has 0 aromatic heterocycles. The highest BCUT2D eigenvalue weighted by Gasteiger charge is 1.95. The first kappa shape index (κ1) is 9.19. The number of carbonyl (C=O) groups excluding carboxylic acids is 1. The predicted octanol–water partition coefficient (Wildman–Crippen LogP) is 1.64. The first-order valence-electron chi connectivity index (χ1n) is 2.86. The molecule has 0 fully saturated rings. The summed E-state index contributed by atoms with van der Waals surface area (Å²) in [5.41, 5.74) is 0. The Hall–Kier alpha value is 0.190. The number of hydrogen-bond donors (Lipinski definition) is 1. The number of hydrogen-bond acceptors (Lipinski definition) is 2. The molecule has 0 heterocycles. The third kappa shape index (κ3) is 6.07. The number of rotatable bonds is 5. The van der Waals surface area contributed by atoms with Crippen molar-refractivity contribution < 1.29 is 4.79 Å². The minimum absolute atomic E-state index is 0.238. The van der Waals surface area contributed by atoms with Crippen molar-refractivity contribution in [3.63, 3.8) is 0 Å². The van der Waals surface area contributed by atoms with Crippen molar-refractivity contribution >= 4 is 32.9 Å². The number of Topliss-reactive ketones (excluding diaryl/α,β-unsaturated/α-hetero) is 1. The van der Waals surface area contributed by atoms with E-state index in [1.807, 2.05) is 0 Å². The quantitative estimate of drug-likeness (QED) is 0.369. The molecule has 0 aliphatic carbocycles. The van der Waals surface area contributed by atoms with Gasteiger partial charge in [0, 0.05) is 12.2 Å². The fourth-order valence-corrected chi connectivity index (χ4v) is 1.01. The smallest absolute Gasteiger partial charge is 0.142 e. The highest BCUT2D eigenvalue weighted by molar-refractivity contribution is 7.81. The fraction of sp³-hybridized carbons (Fsp3) is 0.667. The largest absolute Gasteiger partial charge is 0.299 e. The molecule has 0 N–H and O–H groups in total. The van der Waals surface area contributed by atoms with Gasteiger partial charge in [0.15, 0.2) is 0 Å². The maximum absolute atomic E-state index is 10.6. The lowest BCUT2D eigenvalue weighted by atomic mass is 10.2. The van der Waals surface area contributed by atoms with E-state index in [9.17, 15) is 4.79 Å². The van der Waals surface area contributed by atoms with Crippen LogP contribution in [0.4, 0.5) is 0 Å². The molecule has 0 aromatic carbocycles. The zero-order chi connectivity index (χ0) is 7.11. The summed E-state index contributed by atoms with van der Waals surface area (Å²) in [5, 5.41) is 0. The van der Waals surface area contributed by atoms with Crippen LogP contribution in [-0.4, -0.2) is 24.0 Å². The highest BCUT2D eigenvalue weighted by atomic mass is 32.1. The lowest BCUT2D eigenvalue weighted by Crippen LogP contribution is -1.98. The Labute approximate surface area is 63.1 Å². The summed E-state index contributed by atoms with van der Waals surface area (Å²) in [6.07, 6.45) is 6.31. The van der Waals surface area contributed by atoms with Gasteiger partial charge in [0.2, 0.25) is 0 Å². The Morgan fingerprint density at radius 2 is 2.33 bits per heavy atom. The van der Waals surface area contributed by atoms with Gasteiger partial charge in [-0.15, -0.1) is 8.20 Å². The Morgan fingerprint density at radius 1 is 1.67 bits per heavy atom. The van der Waals surface area contributed by atoms with Crippen LogP contribution in [0.15, 0.2) is 0 Å². The van der Waals surface area contributed by atoms with Crippen LogP contribution in [0.2, 0.25) is 0 Å². The van der Waals surface area contributed by atoms with Gasteiger partial charge in [0.05, 0.1) is 0 Å². The van der Waals surface area contributed by atoms with E-state index in [4.69, 9.17) is 0 Å². The van der Waals surface area contributed by atoms with Crippen LogP contribution in [-0.2, 0) is 4.79 Å². The van der Waals surface area contributed by atoms with Gasteiger partial charge >= 0.3 is 0 Å². The Kier molecular flexibility index (Phi) is 6.45. The summed E-state index contributed by atoms with van der Waals surface area (Å²) in [7, 11) is 1.13. The van der Waals surface area contributed by atoms with Crippen LogP contribution in [0, 0.1) is 0 Å². The van der Waals surface area contributed by atoms with E-state index >= 15 is 0 Å². The van der Waals surface area contributed by atoms with Gasteiger partial charge in [-0.1, -0.05) is 6.30 Å². The summed E-state index contributed by atoms with van der Waals surface area (Å²) < 4.78 is 0. The van der Waals surface area contributed by atoms with Crippen molar-refractivity contribution in [2.45, 2.75) is 12.8 Å². The lowest BCUT2D eigenvalue weighted by molar-refractivity contribution is -0.116.